The van der Waals surface area contributed by atoms with Crippen molar-refractivity contribution in [2.75, 3.05) is 0 Å². The molecule has 98 valence electrons. The third-order valence-electron chi connectivity index (χ3n) is 2.91. The molecular formula is C16H16O3. The largest absolute Gasteiger partial charge is 0.507 e. The van der Waals surface area contributed by atoms with Crippen molar-refractivity contribution < 1.29 is 14.6 Å². The van der Waals surface area contributed by atoms with Gasteiger partial charge in [0.05, 0.1) is 0 Å². The lowest BCUT2D eigenvalue weighted by Crippen LogP contribution is -2.09. The van der Waals surface area contributed by atoms with Gasteiger partial charge >= 0.3 is 5.97 Å². The molecule has 0 amide bonds. The molecule has 0 bridgehead atoms. The maximum Gasteiger partial charge on any atom is 0.347 e. The number of phenolic OH excluding ortho intramolecular Hbond substituents is 1. The second kappa shape index (κ2) is 5.14. The number of hydrogen-bond donors (Lipinski definition) is 1. The van der Waals surface area contributed by atoms with E-state index < -0.39 is 5.97 Å². The highest BCUT2D eigenvalue weighted by Crippen LogP contribution is 2.23. The molecular weight excluding hydrogens is 240 g/mol. The van der Waals surface area contributed by atoms with Gasteiger partial charge in [0.25, 0.3) is 0 Å². The van der Waals surface area contributed by atoms with Crippen LogP contribution >= 0.6 is 0 Å². The molecule has 0 aromatic heterocycles. The van der Waals surface area contributed by atoms with Crippen LogP contribution in [0.2, 0.25) is 0 Å². The van der Waals surface area contributed by atoms with E-state index in [1.165, 1.54) is 6.07 Å². The highest BCUT2D eigenvalue weighted by atomic mass is 16.5. The predicted octanol–water partition coefficient (Wildman–Crippen LogP) is 3.54. The van der Waals surface area contributed by atoms with E-state index in [1.54, 1.807) is 18.2 Å². The van der Waals surface area contributed by atoms with Crippen molar-refractivity contribution in [2.45, 2.75) is 20.8 Å². The van der Waals surface area contributed by atoms with Gasteiger partial charge in [-0.2, -0.15) is 0 Å². The minimum atomic E-state index is -0.548. The van der Waals surface area contributed by atoms with E-state index in [4.69, 9.17) is 4.74 Å². The van der Waals surface area contributed by atoms with E-state index in [-0.39, 0.29) is 11.3 Å². The van der Waals surface area contributed by atoms with Crippen molar-refractivity contribution in [3.05, 3.63) is 58.7 Å². The number of phenols is 1. The van der Waals surface area contributed by atoms with Crippen LogP contribution in [0.25, 0.3) is 0 Å². The monoisotopic (exact) mass is 256 g/mol. The second-order valence-electron chi connectivity index (χ2n) is 4.68. The molecule has 0 atom stereocenters. The molecule has 0 saturated carbocycles. The molecule has 2 rings (SSSR count). The molecule has 0 spiro atoms. The molecule has 0 saturated heterocycles. The fourth-order valence-electron chi connectivity index (χ4n) is 1.88. The first-order valence-electron chi connectivity index (χ1n) is 6.06. The lowest BCUT2D eigenvalue weighted by molar-refractivity contribution is 0.0730. The Morgan fingerprint density at radius 3 is 2.32 bits per heavy atom. The number of aryl methyl sites for hydroxylation is 3. The van der Waals surface area contributed by atoms with Crippen molar-refractivity contribution in [1.29, 1.82) is 0 Å². The Labute approximate surface area is 112 Å². The fourth-order valence-corrected chi connectivity index (χ4v) is 1.88. The Balaban J connectivity index is 2.28. The van der Waals surface area contributed by atoms with Crippen molar-refractivity contribution in [3.63, 3.8) is 0 Å². The van der Waals surface area contributed by atoms with Gasteiger partial charge in [-0.25, -0.2) is 4.79 Å². The van der Waals surface area contributed by atoms with E-state index in [0.29, 0.717) is 5.75 Å². The highest BCUT2D eigenvalue weighted by Gasteiger charge is 2.14. The summed E-state index contributed by atoms with van der Waals surface area (Å²) in [6.07, 6.45) is 0. The average Bonchev–Trinajstić information content (AvgIpc) is 2.35. The minimum Gasteiger partial charge on any atom is -0.507 e. The Kier molecular flexibility index (Phi) is 3.56. The summed E-state index contributed by atoms with van der Waals surface area (Å²) in [6.45, 7) is 5.71. The van der Waals surface area contributed by atoms with Crippen LogP contribution < -0.4 is 4.74 Å². The summed E-state index contributed by atoms with van der Waals surface area (Å²) in [7, 11) is 0. The smallest absolute Gasteiger partial charge is 0.347 e. The Hall–Kier alpha value is -2.29. The maximum atomic E-state index is 12.0. The molecule has 0 radical (unpaired) electrons. The van der Waals surface area contributed by atoms with Gasteiger partial charge in [-0.15, -0.1) is 0 Å². The van der Waals surface area contributed by atoms with Gasteiger partial charge in [0.15, 0.2) is 0 Å². The zero-order valence-electron chi connectivity index (χ0n) is 11.2. The van der Waals surface area contributed by atoms with Crippen LogP contribution in [0.5, 0.6) is 11.5 Å². The van der Waals surface area contributed by atoms with Gasteiger partial charge in [0.1, 0.15) is 17.1 Å². The lowest BCUT2D eigenvalue weighted by atomic mass is 10.1. The van der Waals surface area contributed by atoms with Crippen LogP contribution in [-0.4, -0.2) is 11.1 Å². The molecule has 0 aliphatic rings. The molecule has 3 heteroatoms. The fraction of sp³-hybridized carbons (Fsp3) is 0.188. The number of aromatic hydroxyl groups is 1. The standard InChI is InChI=1S/C16H16O3/c1-10-5-7-15(12(3)8-10)19-16(18)13-9-11(2)4-6-14(13)17/h4-9,17H,1-3H3. The first-order valence-corrected chi connectivity index (χ1v) is 6.06. The molecule has 0 heterocycles. The van der Waals surface area contributed by atoms with Crippen LogP contribution in [-0.2, 0) is 0 Å². The van der Waals surface area contributed by atoms with Crippen LogP contribution in [0.4, 0.5) is 0 Å². The Morgan fingerprint density at radius 1 is 1.00 bits per heavy atom. The molecule has 1 N–H and O–H groups in total. The van der Waals surface area contributed by atoms with Crippen LogP contribution in [0.15, 0.2) is 36.4 Å². The van der Waals surface area contributed by atoms with Crippen LogP contribution in [0.3, 0.4) is 0 Å². The van der Waals surface area contributed by atoms with E-state index in [2.05, 4.69) is 0 Å². The first kappa shape index (κ1) is 13.1. The topological polar surface area (TPSA) is 46.5 Å². The molecule has 2 aromatic carbocycles. The second-order valence-corrected chi connectivity index (χ2v) is 4.68. The van der Waals surface area contributed by atoms with Crippen molar-refractivity contribution >= 4 is 5.97 Å². The number of ether oxygens (including phenoxy) is 1. The molecule has 0 aliphatic heterocycles. The summed E-state index contributed by atoms with van der Waals surface area (Å²) >= 11 is 0. The number of rotatable bonds is 2. The zero-order valence-corrected chi connectivity index (χ0v) is 11.2. The minimum absolute atomic E-state index is 0.0691. The average molecular weight is 256 g/mol. The number of hydrogen-bond acceptors (Lipinski definition) is 3. The summed E-state index contributed by atoms with van der Waals surface area (Å²) in [5.74, 6) is -0.106. The Morgan fingerprint density at radius 2 is 1.63 bits per heavy atom. The first-order chi connectivity index (χ1) is 8.97. The van der Waals surface area contributed by atoms with Crippen molar-refractivity contribution in [3.8, 4) is 11.5 Å². The van der Waals surface area contributed by atoms with E-state index >= 15 is 0 Å². The van der Waals surface area contributed by atoms with Gasteiger partial charge < -0.3 is 9.84 Å². The van der Waals surface area contributed by atoms with Crippen LogP contribution in [0, 0.1) is 20.8 Å². The predicted molar refractivity (Wildman–Crippen MR) is 73.7 cm³/mol. The third-order valence-corrected chi connectivity index (χ3v) is 2.91. The number of carbonyl (C=O) groups is 1. The van der Waals surface area contributed by atoms with E-state index in [9.17, 15) is 9.90 Å². The normalized spacial score (nSPS) is 10.3. The zero-order chi connectivity index (χ0) is 14.0. The quantitative estimate of drug-likeness (QED) is 0.660. The Bertz CT molecular complexity index is 630. The molecule has 2 aromatic rings. The van der Waals surface area contributed by atoms with Gasteiger partial charge in [0, 0.05) is 0 Å². The number of carbonyl (C=O) groups excluding carboxylic acids is 1. The van der Waals surface area contributed by atoms with E-state index in [0.717, 1.165) is 16.7 Å². The maximum absolute atomic E-state index is 12.0. The molecule has 0 aliphatic carbocycles. The van der Waals surface area contributed by atoms with Gasteiger partial charge in [0.2, 0.25) is 0 Å². The highest BCUT2D eigenvalue weighted by molar-refractivity contribution is 5.94. The van der Waals surface area contributed by atoms with Gasteiger partial charge in [-0.1, -0.05) is 29.3 Å². The molecule has 0 fully saturated rings. The molecule has 19 heavy (non-hydrogen) atoms. The lowest BCUT2D eigenvalue weighted by Gasteiger charge is -2.09. The molecule has 0 unspecified atom stereocenters. The van der Waals surface area contributed by atoms with Crippen molar-refractivity contribution in [2.24, 2.45) is 0 Å². The summed E-state index contributed by atoms with van der Waals surface area (Å²) in [5.41, 5.74) is 3.07. The summed E-state index contributed by atoms with van der Waals surface area (Å²) in [5, 5.41) is 9.70. The van der Waals surface area contributed by atoms with Gasteiger partial charge in [-0.3, -0.25) is 0 Å². The van der Waals surface area contributed by atoms with Gasteiger partial charge in [-0.05, 0) is 44.5 Å². The van der Waals surface area contributed by atoms with Crippen molar-refractivity contribution in [1.82, 2.24) is 0 Å². The van der Waals surface area contributed by atoms with Crippen LogP contribution in [0.1, 0.15) is 27.0 Å². The summed E-state index contributed by atoms with van der Waals surface area (Å²) < 4.78 is 5.32. The number of esters is 1. The SMILES string of the molecule is Cc1ccc(OC(=O)c2cc(C)ccc2O)c(C)c1. The third kappa shape index (κ3) is 2.94. The summed E-state index contributed by atoms with van der Waals surface area (Å²) in [6, 6.07) is 10.4. The summed E-state index contributed by atoms with van der Waals surface area (Å²) in [4.78, 5) is 12.0. The molecule has 3 nitrogen and oxygen atoms in total. The van der Waals surface area contributed by atoms with E-state index in [1.807, 2.05) is 32.9 Å². The number of benzene rings is 2.